The van der Waals surface area contributed by atoms with E-state index in [1.807, 2.05) is 0 Å². The van der Waals surface area contributed by atoms with Crippen molar-refractivity contribution in [1.29, 1.82) is 0 Å². The molecule has 5 nitrogen and oxygen atoms in total. The molecule has 0 radical (unpaired) electrons. The standard InChI is InChI=1S/C13H18FNO4/c14-11-5-4-10(9-16)12(8-11)19-7-3-1-2-6-15-13(17)18/h4-5,8,15-16H,1-3,6-7,9H2,(H,17,18). The minimum Gasteiger partial charge on any atom is -0.493 e. The fourth-order valence-electron chi connectivity index (χ4n) is 1.57. The number of amides is 1. The van der Waals surface area contributed by atoms with E-state index in [9.17, 15) is 9.18 Å². The molecule has 0 bridgehead atoms. The highest BCUT2D eigenvalue weighted by atomic mass is 19.1. The van der Waals surface area contributed by atoms with Crippen LogP contribution in [0.2, 0.25) is 0 Å². The van der Waals surface area contributed by atoms with Crippen LogP contribution in [-0.2, 0) is 6.61 Å². The molecule has 6 heteroatoms. The average Bonchev–Trinajstić information content (AvgIpc) is 2.37. The number of carboxylic acid groups (broad SMARTS) is 1. The van der Waals surface area contributed by atoms with E-state index in [0.29, 0.717) is 24.5 Å². The van der Waals surface area contributed by atoms with Crippen LogP contribution < -0.4 is 10.1 Å². The van der Waals surface area contributed by atoms with Gasteiger partial charge in [0.25, 0.3) is 0 Å². The van der Waals surface area contributed by atoms with Gasteiger partial charge in [-0.25, -0.2) is 9.18 Å². The van der Waals surface area contributed by atoms with Gasteiger partial charge in [-0.15, -0.1) is 0 Å². The van der Waals surface area contributed by atoms with Gasteiger partial charge < -0.3 is 20.3 Å². The number of benzene rings is 1. The number of nitrogens with one attached hydrogen (secondary N) is 1. The molecule has 1 amide bonds. The number of aliphatic hydroxyl groups excluding tert-OH is 1. The molecule has 0 saturated carbocycles. The first-order valence-electron chi connectivity index (χ1n) is 6.12. The number of ether oxygens (including phenoxy) is 1. The molecular formula is C13H18FNO4. The number of aliphatic hydroxyl groups is 1. The first-order chi connectivity index (χ1) is 9.13. The van der Waals surface area contributed by atoms with E-state index in [2.05, 4.69) is 5.32 Å². The fourth-order valence-corrected chi connectivity index (χ4v) is 1.57. The van der Waals surface area contributed by atoms with E-state index in [0.717, 1.165) is 19.3 Å². The minimum absolute atomic E-state index is 0.196. The molecule has 0 unspecified atom stereocenters. The van der Waals surface area contributed by atoms with E-state index in [1.165, 1.54) is 18.2 Å². The lowest BCUT2D eigenvalue weighted by atomic mass is 10.2. The summed E-state index contributed by atoms with van der Waals surface area (Å²) in [6, 6.07) is 4.01. The van der Waals surface area contributed by atoms with Gasteiger partial charge in [-0.1, -0.05) is 6.07 Å². The Kier molecular flexibility index (Phi) is 6.67. The van der Waals surface area contributed by atoms with Crippen molar-refractivity contribution in [2.75, 3.05) is 13.2 Å². The van der Waals surface area contributed by atoms with E-state index in [1.54, 1.807) is 0 Å². The summed E-state index contributed by atoms with van der Waals surface area (Å²) in [5.41, 5.74) is 0.550. The second kappa shape index (κ2) is 8.31. The highest BCUT2D eigenvalue weighted by Gasteiger charge is 2.04. The predicted octanol–water partition coefficient (Wildman–Crippen LogP) is 2.13. The van der Waals surface area contributed by atoms with Gasteiger partial charge in [0.05, 0.1) is 13.2 Å². The Balaban J connectivity index is 2.22. The zero-order chi connectivity index (χ0) is 14.1. The predicted molar refractivity (Wildman–Crippen MR) is 67.7 cm³/mol. The van der Waals surface area contributed by atoms with Crippen LogP contribution in [0.15, 0.2) is 18.2 Å². The summed E-state index contributed by atoms with van der Waals surface area (Å²) >= 11 is 0. The number of hydrogen-bond donors (Lipinski definition) is 3. The van der Waals surface area contributed by atoms with Crippen molar-refractivity contribution in [3.05, 3.63) is 29.6 Å². The Hall–Kier alpha value is -1.82. The molecule has 0 aromatic heterocycles. The molecule has 0 fully saturated rings. The summed E-state index contributed by atoms with van der Waals surface area (Å²) in [4.78, 5) is 10.2. The molecule has 0 aliphatic heterocycles. The number of rotatable bonds is 8. The summed E-state index contributed by atoms with van der Waals surface area (Å²) in [5, 5.41) is 19.7. The smallest absolute Gasteiger partial charge is 0.404 e. The van der Waals surface area contributed by atoms with Gasteiger partial charge in [-0.2, -0.15) is 0 Å². The lowest BCUT2D eigenvalue weighted by Gasteiger charge is -2.10. The van der Waals surface area contributed by atoms with Gasteiger partial charge in [-0.3, -0.25) is 0 Å². The van der Waals surface area contributed by atoms with E-state index < -0.39 is 11.9 Å². The maximum atomic E-state index is 13.0. The number of halogens is 1. The first-order valence-corrected chi connectivity index (χ1v) is 6.12. The Morgan fingerprint density at radius 2 is 2.11 bits per heavy atom. The maximum Gasteiger partial charge on any atom is 0.404 e. The molecule has 19 heavy (non-hydrogen) atoms. The Morgan fingerprint density at radius 3 is 2.79 bits per heavy atom. The van der Waals surface area contributed by atoms with Gasteiger partial charge in [0.2, 0.25) is 0 Å². The molecule has 0 heterocycles. The van der Waals surface area contributed by atoms with Crippen LogP contribution in [0, 0.1) is 5.82 Å². The van der Waals surface area contributed by atoms with Crippen LogP contribution in [-0.4, -0.2) is 29.5 Å². The van der Waals surface area contributed by atoms with Crippen LogP contribution in [0.3, 0.4) is 0 Å². The van der Waals surface area contributed by atoms with Crippen LogP contribution in [0.25, 0.3) is 0 Å². The third-order valence-corrected chi connectivity index (χ3v) is 2.55. The largest absolute Gasteiger partial charge is 0.493 e. The molecule has 106 valence electrons. The van der Waals surface area contributed by atoms with Gasteiger partial charge in [-0.05, 0) is 25.3 Å². The quantitative estimate of drug-likeness (QED) is 0.633. The Bertz CT molecular complexity index is 412. The maximum absolute atomic E-state index is 13.0. The molecule has 3 N–H and O–H groups in total. The van der Waals surface area contributed by atoms with Crippen molar-refractivity contribution in [2.45, 2.75) is 25.9 Å². The van der Waals surface area contributed by atoms with Crippen molar-refractivity contribution in [3.63, 3.8) is 0 Å². The van der Waals surface area contributed by atoms with E-state index in [-0.39, 0.29) is 6.61 Å². The summed E-state index contributed by atoms with van der Waals surface area (Å²) in [7, 11) is 0. The molecule has 1 aromatic rings. The van der Waals surface area contributed by atoms with Crippen LogP contribution in [0.5, 0.6) is 5.75 Å². The van der Waals surface area contributed by atoms with Gasteiger partial charge in [0, 0.05) is 18.2 Å². The van der Waals surface area contributed by atoms with Gasteiger partial charge >= 0.3 is 6.09 Å². The number of hydrogen-bond acceptors (Lipinski definition) is 3. The van der Waals surface area contributed by atoms with Crippen LogP contribution in [0.4, 0.5) is 9.18 Å². The summed E-state index contributed by atoms with van der Waals surface area (Å²) in [5.74, 6) is -0.0518. The molecule has 0 atom stereocenters. The molecule has 0 aliphatic carbocycles. The topological polar surface area (TPSA) is 78.8 Å². The van der Waals surface area contributed by atoms with Crippen molar-refractivity contribution in [1.82, 2.24) is 5.32 Å². The van der Waals surface area contributed by atoms with Crippen molar-refractivity contribution in [3.8, 4) is 5.75 Å². The minimum atomic E-state index is -1.02. The zero-order valence-electron chi connectivity index (χ0n) is 10.6. The SMILES string of the molecule is O=C(O)NCCCCCOc1cc(F)ccc1CO. The number of carbonyl (C=O) groups is 1. The monoisotopic (exact) mass is 271 g/mol. The molecule has 1 aromatic carbocycles. The first kappa shape index (κ1) is 15.2. The van der Waals surface area contributed by atoms with E-state index in [4.69, 9.17) is 14.9 Å². The highest BCUT2D eigenvalue weighted by Crippen LogP contribution is 2.20. The van der Waals surface area contributed by atoms with Crippen LogP contribution >= 0.6 is 0 Å². The van der Waals surface area contributed by atoms with Gasteiger partial charge in [0.15, 0.2) is 0 Å². The molecule has 1 rings (SSSR count). The molecular weight excluding hydrogens is 253 g/mol. The normalized spacial score (nSPS) is 10.2. The van der Waals surface area contributed by atoms with Crippen molar-refractivity contribution >= 4 is 6.09 Å². The highest BCUT2D eigenvalue weighted by molar-refractivity contribution is 5.64. The lowest BCUT2D eigenvalue weighted by Crippen LogP contribution is -2.21. The zero-order valence-corrected chi connectivity index (χ0v) is 10.6. The summed E-state index contributed by atoms with van der Waals surface area (Å²) in [6.45, 7) is 0.624. The molecule has 0 saturated heterocycles. The average molecular weight is 271 g/mol. The van der Waals surface area contributed by atoms with Crippen molar-refractivity contribution in [2.24, 2.45) is 0 Å². The molecule has 0 aliphatic rings. The Labute approximate surface area is 111 Å². The summed E-state index contributed by atoms with van der Waals surface area (Å²) < 4.78 is 18.4. The summed E-state index contributed by atoms with van der Waals surface area (Å²) in [6.07, 6.45) is 1.25. The second-order valence-electron chi connectivity index (χ2n) is 4.05. The fraction of sp³-hybridized carbons (Fsp3) is 0.462. The second-order valence-corrected chi connectivity index (χ2v) is 4.05. The number of unbranched alkanes of at least 4 members (excludes halogenated alkanes) is 2. The van der Waals surface area contributed by atoms with Crippen molar-refractivity contribution < 1.29 is 24.1 Å². The Morgan fingerprint density at radius 1 is 1.32 bits per heavy atom. The van der Waals surface area contributed by atoms with Gasteiger partial charge in [0.1, 0.15) is 11.6 Å². The molecule has 0 spiro atoms. The van der Waals surface area contributed by atoms with Crippen LogP contribution in [0.1, 0.15) is 24.8 Å². The third-order valence-electron chi connectivity index (χ3n) is 2.55. The van der Waals surface area contributed by atoms with E-state index >= 15 is 0 Å². The third kappa shape index (κ3) is 6.05. The lowest BCUT2D eigenvalue weighted by molar-refractivity contribution is 0.194.